The molecule has 3 unspecified atom stereocenters. The molecule has 0 saturated heterocycles. The third kappa shape index (κ3) is 60.0. The van der Waals surface area contributed by atoms with Crippen LogP contribution in [0.2, 0.25) is 0 Å². The molecule has 2 N–H and O–H groups in total. The third-order valence-electron chi connectivity index (χ3n) is 14.8. The lowest BCUT2D eigenvalue weighted by Gasteiger charge is -2.30. The Morgan fingerprint density at radius 3 is 1.19 bits per heavy atom. The number of carbonyl (C=O) groups excluding carboxylic acids is 1. The van der Waals surface area contributed by atoms with Gasteiger partial charge in [0.25, 0.3) is 7.82 Å². The van der Waals surface area contributed by atoms with E-state index in [-0.39, 0.29) is 19.1 Å². The van der Waals surface area contributed by atoms with E-state index in [1.54, 1.807) is 0 Å². The average molecular weight is 1080 g/mol. The maximum absolute atomic E-state index is 13.0. The van der Waals surface area contributed by atoms with E-state index >= 15 is 0 Å². The van der Waals surface area contributed by atoms with E-state index in [1.165, 1.54) is 225 Å². The van der Waals surface area contributed by atoms with Gasteiger partial charge in [0.1, 0.15) is 13.2 Å². The summed E-state index contributed by atoms with van der Waals surface area (Å²) in [7, 11) is 1.32. The van der Waals surface area contributed by atoms with E-state index in [0.29, 0.717) is 23.9 Å². The Kier molecular flexibility index (Phi) is 56.0. The van der Waals surface area contributed by atoms with E-state index in [2.05, 4.69) is 67.8 Å². The minimum atomic E-state index is -4.58. The fourth-order valence-corrected chi connectivity index (χ4v) is 10.5. The zero-order valence-electron chi connectivity index (χ0n) is 50.5. The molecule has 0 heterocycles. The summed E-state index contributed by atoms with van der Waals surface area (Å²) in [6, 6.07) is -0.800. The SMILES string of the molecule is CC/C=C\C/C=C\C/C=C\C/C=C\CCCCCCCCCCCCCCCCCCCCCCC(=O)NC(COP(=O)([O-])OCC[N+](C)(C)C)C(O)CCCCCCCCCCCCCCCCCCCCCC. The summed E-state index contributed by atoms with van der Waals surface area (Å²) in [5.74, 6) is -0.159. The quantitative estimate of drug-likeness (QED) is 0.0272. The van der Waals surface area contributed by atoms with Crippen molar-refractivity contribution in [1.29, 1.82) is 0 Å². The van der Waals surface area contributed by atoms with E-state index in [0.717, 1.165) is 64.2 Å². The van der Waals surface area contributed by atoms with Crippen LogP contribution in [0, 0.1) is 0 Å². The molecule has 0 aliphatic heterocycles. The molecule has 3 atom stereocenters. The van der Waals surface area contributed by atoms with Crippen LogP contribution in [0.25, 0.3) is 0 Å². The molecule has 0 fully saturated rings. The van der Waals surface area contributed by atoms with Gasteiger partial charge in [-0.15, -0.1) is 0 Å². The molecule has 0 aliphatic rings. The highest BCUT2D eigenvalue weighted by atomic mass is 31.2. The van der Waals surface area contributed by atoms with Crippen LogP contribution >= 0.6 is 7.82 Å². The van der Waals surface area contributed by atoms with Crippen LogP contribution in [0.1, 0.15) is 316 Å². The zero-order chi connectivity index (χ0) is 54.9. The summed E-state index contributed by atoms with van der Waals surface area (Å²) in [4.78, 5) is 25.6. The first-order valence-corrected chi connectivity index (χ1v) is 33.9. The smallest absolute Gasteiger partial charge is 0.268 e. The highest BCUT2D eigenvalue weighted by molar-refractivity contribution is 7.45. The van der Waals surface area contributed by atoms with Crippen molar-refractivity contribution in [3.05, 3.63) is 48.6 Å². The van der Waals surface area contributed by atoms with Gasteiger partial charge in [0, 0.05) is 6.42 Å². The number of allylic oxidation sites excluding steroid dienone is 8. The Hall–Kier alpha value is -1.54. The normalized spacial score (nSPS) is 14.1. The van der Waals surface area contributed by atoms with Crippen LogP contribution in [0.15, 0.2) is 48.6 Å². The van der Waals surface area contributed by atoms with Crippen molar-refractivity contribution < 1.29 is 32.9 Å². The van der Waals surface area contributed by atoms with Crippen molar-refractivity contribution in [2.45, 2.75) is 328 Å². The number of phosphoric ester groups is 1. The van der Waals surface area contributed by atoms with Gasteiger partial charge in [0.15, 0.2) is 0 Å². The number of aliphatic hydroxyl groups is 1. The largest absolute Gasteiger partial charge is 0.756 e. The van der Waals surface area contributed by atoms with Crippen molar-refractivity contribution >= 4 is 13.7 Å². The lowest BCUT2D eigenvalue weighted by Crippen LogP contribution is -2.46. The number of nitrogens with one attached hydrogen (secondary N) is 1. The second kappa shape index (κ2) is 57.2. The van der Waals surface area contributed by atoms with E-state index in [1.807, 2.05) is 21.1 Å². The molecule has 0 saturated carbocycles. The molecule has 1 amide bonds. The molecule has 0 bridgehead atoms. The number of quaternary nitrogens is 1. The van der Waals surface area contributed by atoms with Gasteiger partial charge >= 0.3 is 0 Å². The standard InChI is InChI=1S/C66H127N2O6P/c1-6-8-10-12-14-16-18-20-22-24-26-28-29-30-31-32-33-34-35-36-37-38-39-40-42-44-46-48-50-52-54-56-58-60-66(70)67-64(63-74-75(71,72)73-62-61-68(3,4)5)65(69)59-57-55-53-51-49-47-45-43-41-27-25-23-21-19-17-15-13-11-9-7-2/h8,10,14,16,20,22,26,28,64-65,69H,6-7,9,11-13,15,17-19,21,23-25,27,29-63H2,1-5H3,(H-,67,70,71,72)/b10-8-,16-14-,22-20-,28-26-. The molecule has 0 aliphatic carbocycles. The number of hydrogen-bond donors (Lipinski definition) is 2. The highest BCUT2D eigenvalue weighted by Crippen LogP contribution is 2.38. The van der Waals surface area contributed by atoms with Crippen LogP contribution in [0.3, 0.4) is 0 Å². The molecule has 9 heteroatoms. The number of carbonyl (C=O) groups is 1. The number of nitrogens with zero attached hydrogens (tertiary/aromatic N) is 1. The van der Waals surface area contributed by atoms with Gasteiger partial charge in [-0.05, 0) is 51.4 Å². The van der Waals surface area contributed by atoms with E-state index in [4.69, 9.17) is 9.05 Å². The van der Waals surface area contributed by atoms with Crippen molar-refractivity contribution in [1.82, 2.24) is 5.32 Å². The first-order valence-electron chi connectivity index (χ1n) is 32.5. The fourth-order valence-electron chi connectivity index (χ4n) is 9.80. The number of aliphatic hydroxyl groups excluding tert-OH is 1. The lowest BCUT2D eigenvalue weighted by molar-refractivity contribution is -0.870. The summed E-state index contributed by atoms with van der Waals surface area (Å²) >= 11 is 0. The Morgan fingerprint density at radius 1 is 0.480 bits per heavy atom. The Bertz CT molecular complexity index is 1360. The molecular weight excluding hydrogens is 948 g/mol. The van der Waals surface area contributed by atoms with Gasteiger partial charge in [0.2, 0.25) is 5.91 Å². The summed E-state index contributed by atoms with van der Waals surface area (Å²) in [5.41, 5.74) is 0. The molecule has 0 aromatic heterocycles. The Labute approximate surface area is 467 Å². The monoisotopic (exact) mass is 1070 g/mol. The molecule has 0 spiro atoms. The second-order valence-electron chi connectivity index (χ2n) is 23.4. The maximum atomic E-state index is 13.0. The van der Waals surface area contributed by atoms with Crippen molar-refractivity contribution in [3.8, 4) is 0 Å². The van der Waals surface area contributed by atoms with Crippen LogP contribution in [0.4, 0.5) is 0 Å². The molecule has 0 radical (unpaired) electrons. The van der Waals surface area contributed by atoms with Crippen molar-refractivity contribution in [3.63, 3.8) is 0 Å². The third-order valence-corrected chi connectivity index (χ3v) is 15.8. The molecule has 0 aromatic rings. The lowest BCUT2D eigenvalue weighted by atomic mass is 10.0. The van der Waals surface area contributed by atoms with Gasteiger partial charge in [-0.2, -0.15) is 0 Å². The molecular formula is C66H127N2O6P. The summed E-state index contributed by atoms with van der Waals surface area (Å²) in [6.07, 6.45) is 76.0. The van der Waals surface area contributed by atoms with Crippen LogP contribution < -0.4 is 10.2 Å². The predicted octanol–water partition coefficient (Wildman–Crippen LogP) is 19.6. The second-order valence-corrected chi connectivity index (χ2v) is 24.9. The van der Waals surface area contributed by atoms with E-state index < -0.39 is 20.0 Å². The van der Waals surface area contributed by atoms with Gasteiger partial charge in [-0.1, -0.05) is 306 Å². The molecule has 0 rings (SSSR count). The highest BCUT2D eigenvalue weighted by Gasteiger charge is 2.24. The van der Waals surface area contributed by atoms with Crippen molar-refractivity contribution in [2.75, 3.05) is 40.9 Å². The van der Waals surface area contributed by atoms with Gasteiger partial charge in [-0.3, -0.25) is 9.36 Å². The van der Waals surface area contributed by atoms with Gasteiger partial charge < -0.3 is 28.8 Å². The summed E-state index contributed by atoms with van der Waals surface area (Å²) in [6.45, 7) is 4.65. The first kappa shape index (κ1) is 73.5. The number of rotatable bonds is 60. The molecule has 75 heavy (non-hydrogen) atoms. The number of phosphoric acid groups is 1. The number of hydrogen-bond acceptors (Lipinski definition) is 6. The van der Waals surface area contributed by atoms with Crippen LogP contribution in [-0.4, -0.2) is 68.5 Å². The first-order chi connectivity index (χ1) is 36.5. The molecule has 8 nitrogen and oxygen atoms in total. The van der Waals surface area contributed by atoms with E-state index in [9.17, 15) is 19.4 Å². The minimum Gasteiger partial charge on any atom is -0.756 e. The minimum absolute atomic E-state index is 0.0137. The number of unbranched alkanes of at least 4 members (excludes halogenated alkanes) is 39. The van der Waals surface area contributed by atoms with Crippen LogP contribution in [-0.2, 0) is 18.4 Å². The number of amides is 1. The topological polar surface area (TPSA) is 108 Å². The van der Waals surface area contributed by atoms with Crippen molar-refractivity contribution in [2.24, 2.45) is 0 Å². The summed E-state index contributed by atoms with van der Waals surface area (Å²) in [5, 5.41) is 14.1. The zero-order valence-corrected chi connectivity index (χ0v) is 51.4. The molecule has 0 aromatic carbocycles. The van der Waals surface area contributed by atoms with Gasteiger partial charge in [0.05, 0.1) is 39.9 Å². The average Bonchev–Trinajstić information content (AvgIpc) is 3.37. The Morgan fingerprint density at radius 2 is 0.813 bits per heavy atom. The summed E-state index contributed by atoms with van der Waals surface area (Å²) < 4.78 is 23.5. The maximum Gasteiger partial charge on any atom is 0.268 e. The van der Waals surface area contributed by atoms with Gasteiger partial charge in [-0.25, -0.2) is 0 Å². The number of likely N-dealkylation sites (N-methyl/N-ethyl adjacent to an activating group) is 1. The fraction of sp³-hybridized carbons (Fsp3) is 0.864. The Balaban J connectivity index is 4.01. The molecule has 442 valence electrons. The van der Waals surface area contributed by atoms with Crippen LogP contribution in [0.5, 0.6) is 0 Å². The predicted molar refractivity (Wildman–Crippen MR) is 325 cm³/mol.